The van der Waals surface area contributed by atoms with Crippen LogP contribution < -0.4 is 10.1 Å². The van der Waals surface area contributed by atoms with Gasteiger partial charge in [0.05, 0.1) is 11.7 Å². The van der Waals surface area contributed by atoms with Gasteiger partial charge < -0.3 is 10.1 Å². The minimum Gasteiger partial charge on any atom is -0.481 e. The number of hydrogen-bond donors (Lipinski definition) is 1. The van der Waals surface area contributed by atoms with Crippen molar-refractivity contribution in [1.82, 2.24) is 0 Å². The minimum absolute atomic E-state index is 0.0838. The summed E-state index contributed by atoms with van der Waals surface area (Å²) in [6.45, 7) is 4.28. The number of anilines is 1. The van der Waals surface area contributed by atoms with E-state index in [1.807, 2.05) is 6.07 Å². The van der Waals surface area contributed by atoms with Gasteiger partial charge in [-0.25, -0.2) is 0 Å². The van der Waals surface area contributed by atoms with Crippen molar-refractivity contribution in [1.29, 1.82) is 0 Å². The molecule has 3 rings (SSSR count). The number of fused-ring (bicyclic) bond motifs is 1. The summed E-state index contributed by atoms with van der Waals surface area (Å²) in [5.74, 6) is 0.957. The third kappa shape index (κ3) is 2.30. The predicted molar refractivity (Wildman–Crippen MR) is 78.7 cm³/mol. The van der Waals surface area contributed by atoms with Crippen LogP contribution in [0.1, 0.15) is 30.6 Å². The fourth-order valence-corrected chi connectivity index (χ4v) is 2.60. The summed E-state index contributed by atoms with van der Waals surface area (Å²) in [6.07, 6.45) is 1.12. The van der Waals surface area contributed by atoms with E-state index in [2.05, 4.69) is 61.6 Å². The molecule has 0 aliphatic carbocycles. The number of rotatable bonds is 2. The maximum absolute atomic E-state index is 6.24. The first-order chi connectivity index (χ1) is 9.28. The molecule has 0 fully saturated rings. The zero-order valence-electron chi connectivity index (χ0n) is 11.4. The van der Waals surface area contributed by atoms with E-state index in [1.54, 1.807) is 0 Å². The molecule has 2 nitrogen and oxygen atoms in total. The van der Waals surface area contributed by atoms with E-state index in [-0.39, 0.29) is 6.10 Å². The maximum Gasteiger partial charge on any atom is 0.144 e. The van der Waals surface area contributed by atoms with Crippen LogP contribution in [0.5, 0.6) is 5.75 Å². The molecule has 2 atom stereocenters. The lowest BCUT2D eigenvalue weighted by Gasteiger charge is -2.35. The second-order valence-electron chi connectivity index (χ2n) is 5.11. The lowest BCUT2D eigenvalue weighted by Crippen LogP contribution is -2.34. The third-order valence-corrected chi connectivity index (χ3v) is 3.67. The van der Waals surface area contributed by atoms with E-state index in [9.17, 15) is 0 Å². The Morgan fingerprint density at radius 2 is 1.89 bits per heavy atom. The number of ether oxygens (including phenoxy) is 1. The molecular weight excluding hydrogens is 234 g/mol. The van der Waals surface area contributed by atoms with Crippen molar-refractivity contribution in [2.45, 2.75) is 32.4 Å². The van der Waals surface area contributed by atoms with Gasteiger partial charge in [0.25, 0.3) is 0 Å². The normalized spacial score (nSPS) is 21.2. The first-order valence-corrected chi connectivity index (χ1v) is 6.86. The van der Waals surface area contributed by atoms with Crippen LogP contribution in [-0.4, -0.2) is 6.04 Å². The summed E-state index contributed by atoms with van der Waals surface area (Å²) in [7, 11) is 0. The first-order valence-electron chi connectivity index (χ1n) is 6.86. The lowest BCUT2D eigenvalue weighted by atomic mass is 9.97. The molecule has 2 heteroatoms. The molecule has 2 aromatic carbocycles. The second-order valence-corrected chi connectivity index (χ2v) is 5.11. The van der Waals surface area contributed by atoms with Gasteiger partial charge in [-0.15, -0.1) is 0 Å². The molecule has 1 aliphatic rings. The fraction of sp³-hybridized carbons (Fsp3) is 0.294. The maximum atomic E-state index is 6.24. The van der Waals surface area contributed by atoms with E-state index in [0.29, 0.717) is 6.04 Å². The average Bonchev–Trinajstić information content (AvgIpc) is 2.46. The Kier molecular flexibility index (Phi) is 3.16. The molecule has 19 heavy (non-hydrogen) atoms. The SMILES string of the molecule is CCC1Nc2ccc(C)cc2OC1c1ccccc1. The van der Waals surface area contributed by atoms with Crippen LogP contribution in [-0.2, 0) is 0 Å². The molecule has 0 spiro atoms. The topological polar surface area (TPSA) is 21.3 Å². The molecule has 0 saturated heterocycles. The largest absolute Gasteiger partial charge is 0.481 e. The molecule has 2 aromatic rings. The first kappa shape index (κ1) is 12.1. The standard InChI is InChI=1S/C17H19NO/c1-3-14-17(13-7-5-4-6-8-13)19-16-11-12(2)9-10-15(16)18-14/h4-11,14,17-18H,3H2,1-2H3. The number of benzene rings is 2. The summed E-state index contributed by atoms with van der Waals surface area (Å²) < 4.78 is 6.24. The Hall–Kier alpha value is -1.96. The van der Waals surface area contributed by atoms with Crippen molar-refractivity contribution in [2.24, 2.45) is 0 Å². The molecular formula is C17H19NO. The third-order valence-electron chi connectivity index (χ3n) is 3.67. The van der Waals surface area contributed by atoms with Crippen molar-refractivity contribution < 1.29 is 4.74 Å². The van der Waals surface area contributed by atoms with Gasteiger partial charge in [-0.1, -0.05) is 43.3 Å². The van der Waals surface area contributed by atoms with Crippen LogP contribution >= 0.6 is 0 Å². The Bertz CT molecular complexity index is 565. The quantitative estimate of drug-likeness (QED) is 0.860. The molecule has 0 radical (unpaired) electrons. The highest BCUT2D eigenvalue weighted by Gasteiger charge is 2.29. The molecule has 98 valence electrons. The van der Waals surface area contributed by atoms with Crippen LogP contribution in [0, 0.1) is 6.92 Å². The summed E-state index contributed by atoms with van der Waals surface area (Å²) in [6, 6.07) is 17.1. The van der Waals surface area contributed by atoms with E-state index in [4.69, 9.17) is 4.74 Å². The molecule has 1 heterocycles. The Morgan fingerprint density at radius 1 is 1.11 bits per heavy atom. The van der Waals surface area contributed by atoms with Crippen LogP contribution in [0.4, 0.5) is 5.69 Å². The van der Waals surface area contributed by atoms with Gasteiger partial charge in [0.2, 0.25) is 0 Å². The van der Waals surface area contributed by atoms with Gasteiger partial charge in [0.15, 0.2) is 0 Å². The number of hydrogen-bond acceptors (Lipinski definition) is 2. The Morgan fingerprint density at radius 3 is 2.63 bits per heavy atom. The van der Waals surface area contributed by atoms with Crippen molar-refractivity contribution in [2.75, 3.05) is 5.32 Å². The summed E-state index contributed by atoms with van der Waals surface area (Å²) in [5, 5.41) is 3.60. The van der Waals surface area contributed by atoms with Crippen LogP contribution in [0.15, 0.2) is 48.5 Å². The molecule has 1 aliphatic heterocycles. The van der Waals surface area contributed by atoms with E-state index in [1.165, 1.54) is 11.1 Å². The minimum atomic E-state index is 0.0838. The van der Waals surface area contributed by atoms with Crippen LogP contribution in [0.25, 0.3) is 0 Å². The van der Waals surface area contributed by atoms with E-state index < -0.39 is 0 Å². The monoisotopic (exact) mass is 253 g/mol. The van der Waals surface area contributed by atoms with Gasteiger partial charge in [-0.2, -0.15) is 0 Å². The Labute approximate surface area is 114 Å². The molecule has 0 amide bonds. The summed E-state index contributed by atoms with van der Waals surface area (Å²) in [5.41, 5.74) is 3.56. The van der Waals surface area contributed by atoms with E-state index >= 15 is 0 Å². The number of nitrogens with one attached hydrogen (secondary N) is 1. The molecule has 0 bridgehead atoms. The molecule has 0 aromatic heterocycles. The average molecular weight is 253 g/mol. The molecule has 2 unspecified atom stereocenters. The van der Waals surface area contributed by atoms with Gasteiger partial charge in [-0.3, -0.25) is 0 Å². The predicted octanol–water partition coefficient (Wildman–Crippen LogP) is 4.32. The highest BCUT2D eigenvalue weighted by Crippen LogP contribution is 2.38. The number of aryl methyl sites for hydroxylation is 1. The highest BCUT2D eigenvalue weighted by molar-refractivity contribution is 5.60. The van der Waals surface area contributed by atoms with Gasteiger partial charge in [-0.05, 0) is 36.6 Å². The van der Waals surface area contributed by atoms with Crippen molar-refractivity contribution in [3.05, 3.63) is 59.7 Å². The molecule has 0 saturated carbocycles. The molecule has 1 N–H and O–H groups in total. The zero-order valence-corrected chi connectivity index (χ0v) is 11.4. The van der Waals surface area contributed by atoms with Crippen molar-refractivity contribution in [3.63, 3.8) is 0 Å². The summed E-state index contributed by atoms with van der Waals surface area (Å²) in [4.78, 5) is 0. The van der Waals surface area contributed by atoms with E-state index in [0.717, 1.165) is 17.9 Å². The van der Waals surface area contributed by atoms with Gasteiger partial charge in [0.1, 0.15) is 11.9 Å². The van der Waals surface area contributed by atoms with Crippen LogP contribution in [0.2, 0.25) is 0 Å². The Balaban J connectivity index is 1.97. The zero-order chi connectivity index (χ0) is 13.2. The van der Waals surface area contributed by atoms with Gasteiger partial charge >= 0.3 is 0 Å². The van der Waals surface area contributed by atoms with Gasteiger partial charge in [0, 0.05) is 0 Å². The lowest BCUT2D eigenvalue weighted by molar-refractivity contribution is 0.168. The van der Waals surface area contributed by atoms with Crippen molar-refractivity contribution >= 4 is 5.69 Å². The highest BCUT2D eigenvalue weighted by atomic mass is 16.5. The smallest absolute Gasteiger partial charge is 0.144 e. The van der Waals surface area contributed by atoms with Crippen molar-refractivity contribution in [3.8, 4) is 5.75 Å². The van der Waals surface area contributed by atoms with Crippen LogP contribution in [0.3, 0.4) is 0 Å². The second kappa shape index (κ2) is 4.96. The fourth-order valence-electron chi connectivity index (χ4n) is 2.60. The summed E-state index contributed by atoms with van der Waals surface area (Å²) >= 11 is 0.